The Morgan fingerprint density at radius 3 is 2.76 bits per heavy atom. The van der Waals surface area contributed by atoms with Crippen molar-refractivity contribution in [1.29, 1.82) is 0 Å². The van der Waals surface area contributed by atoms with Gasteiger partial charge in [0.15, 0.2) is 0 Å². The van der Waals surface area contributed by atoms with E-state index in [1.54, 1.807) is 18.9 Å². The summed E-state index contributed by atoms with van der Waals surface area (Å²) in [4.78, 5) is 25.2. The Labute approximate surface area is 125 Å². The molecule has 0 bridgehead atoms. The van der Waals surface area contributed by atoms with Crippen molar-refractivity contribution in [3.63, 3.8) is 0 Å². The molecule has 0 atom stereocenters. The third-order valence-corrected chi connectivity index (χ3v) is 3.89. The lowest BCUT2D eigenvalue weighted by Gasteiger charge is -2.16. The molecule has 1 aromatic carbocycles. The topological polar surface area (TPSA) is 58.6 Å². The molecule has 2 amide bonds. The Morgan fingerprint density at radius 1 is 1.38 bits per heavy atom. The van der Waals surface area contributed by atoms with Gasteiger partial charge >= 0.3 is 6.09 Å². The maximum Gasteiger partial charge on any atom is 0.407 e. The largest absolute Gasteiger partial charge is 0.450 e. The maximum absolute atomic E-state index is 12.2. The highest BCUT2D eigenvalue weighted by Crippen LogP contribution is 2.40. The Morgan fingerprint density at radius 2 is 2.10 bits per heavy atom. The first-order chi connectivity index (χ1) is 9.87. The molecule has 5 heteroatoms. The first kappa shape index (κ1) is 15.4. The number of nitrogens with one attached hydrogen (secondary N) is 1. The molecular weight excluding hydrogens is 268 g/mol. The van der Waals surface area contributed by atoms with E-state index >= 15 is 0 Å². The van der Waals surface area contributed by atoms with Gasteiger partial charge in [-0.15, -0.1) is 0 Å². The molecule has 0 unspecified atom stereocenters. The van der Waals surface area contributed by atoms with E-state index in [9.17, 15) is 9.59 Å². The Hall–Kier alpha value is -2.04. The molecule has 5 nitrogen and oxygen atoms in total. The zero-order chi connectivity index (χ0) is 15.6. The molecule has 0 radical (unpaired) electrons. The standard InChI is InChI=1S/C16H22N2O3/c1-5-21-15(20)17-9-8-11-6-7-13-12(10-11)16(2,3)14(19)18(13)4/h6-7,10H,5,8-9H2,1-4H3,(H,17,20). The molecule has 114 valence electrons. The van der Waals surface area contributed by atoms with Crippen LogP contribution in [0.15, 0.2) is 18.2 Å². The number of carbonyl (C=O) groups excluding carboxylic acids is 2. The average molecular weight is 290 g/mol. The summed E-state index contributed by atoms with van der Waals surface area (Å²) in [5.41, 5.74) is 2.62. The smallest absolute Gasteiger partial charge is 0.407 e. The predicted octanol–water partition coefficient (Wildman–Crippen LogP) is 2.23. The summed E-state index contributed by atoms with van der Waals surface area (Å²) in [7, 11) is 1.80. The summed E-state index contributed by atoms with van der Waals surface area (Å²) in [6.07, 6.45) is 0.314. The van der Waals surface area contributed by atoms with E-state index in [1.165, 1.54) is 0 Å². The molecule has 0 fully saturated rings. The summed E-state index contributed by atoms with van der Waals surface area (Å²) in [6, 6.07) is 6.03. The van der Waals surface area contributed by atoms with Crippen molar-refractivity contribution in [1.82, 2.24) is 5.32 Å². The molecule has 0 aromatic heterocycles. The van der Waals surface area contributed by atoms with E-state index in [4.69, 9.17) is 4.74 Å². The number of hydrogen-bond donors (Lipinski definition) is 1. The van der Waals surface area contributed by atoms with Gasteiger partial charge in [0, 0.05) is 19.3 Å². The predicted molar refractivity (Wildman–Crippen MR) is 81.6 cm³/mol. The Balaban J connectivity index is 2.07. The molecule has 0 saturated carbocycles. The highest BCUT2D eigenvalue weighted by molar-refractivity contribution is 6.07. The Kier molecular flexibility index (Phi) is 4.21. The van der Waals surface area contributed by atoms with E-state index in [0.717, 1.165) is 16.8 Å². The summed E-state index contributed by atoms with van der Waals surface area (Å²) < 4.78 is 4.81. The average Bonchev–Trinajstić information content (AvgIpc) is 2.61. The zero-order valence-corrected chi connectivity index (χ0v) is 13.0. The van der Waals surface area contributed by atoms with Gasteiger partial charge in [0.25, 0.3) is 0 Å². The van der Waals surface area contributed by atoms with Crippen LogP contribution in [0.5, 0.6) is 0 Å². The van der Waals surface area contributed by atoms with Crippen molar-refractivity contribution in [3.8, 4) is 0 Å². The highest BCUT2D eigenvalue weighted by atomic mass is 16.5. The van der Waals surface area contributed by atoms with Gasteiger partial charge in [-0.05, 0) is 44.4 Å². The van der Waals surface area contributed by atoms with Gasteiger partial charge in [0.2, 0.25) is 5.91 Å². The van der Waals surface area contributed by atoms with Gasteiger partial charge < -0.3 is 15.0 Å². The number of rotatable bonds is 4. The first-order valence-electron chi connectivity index (χ1n) is 7.20. The fourth-order valence-electron chi connectivity index (χ4n) is 2.67. The highest BCUT2D eigenvalue weighted by Gasteiger charge is 2.42. The number of alkyl carbamates (subject to hydrolysis) is 1. The third kappa shape index (κ3) is 2.86. The van der Waals surface area contributed by atoms with Crippen LogP contribution in [0, 0.1) is 0 Å². The number of ether oxygens (including phenoxy) is 1. The SMILES string of the molecule is CCOC(=O)NCCc1ccc2c(c1)C(C)(C)C(=O)N2C. The Bertz CT molecular complexity index is 567. The van der Waals surface area contributed by atoms with Crippen molar-refractivity contribution >= 4 is 17.7 Å². The van der Waals surface area contributed by atoms with Crippen molar-refractivity contribution in [2.45, 2.75) is 32.6 Å². The summed E-state index contributed by atoms with van der Waals surface area (Å²) in [6.45, 7) is 6.54. The molecule has 0 spiro atoms. The van der Waals surface area contributed by atoms with Crippen LogP contribution in [0.25, 0.3) is 0 Å². The molecule has 21 heavy (non-hydrogen) atoms. The van der Waals surface area contributed by atoms with Crippen LogP contribution in [0.1, 0.15) is 31.9 Å². The fraction of sp³-hybridized carbons (Fsp3) is 0.500. The number of amides is 2. The number of fused-ring (bicyclic) bond motifs is 1. The molecule has 1 N–H and O–H groups in total. The van der Waals surface area contributed by atoms with Gasteiger partial charge in [-0.25, -0.2) is 4.79 Å². The van der Waals surface area contributed by atoms with Crippen LogP contribution in [-0.2, 0) is 21.4 Å². The van der Waals surface area contributed by atoms with Gasteiger partial charge in [-0.2, -0.15) is 0 Å². The van der Waals surface area contributed by atoms with Gasteiger partial charge in [0.05, 0.1) is 12.0 Å². The minimum absolute atomic E-state index is 0.110. The molecule has 1 aliphatic rings. The molecule has 1 heterocycles. The quantitative estimate of drug-likeness (QED) is 0.925. The van der Waals surface area contributed by atoms with Crippen molar-refractivity contribution in [2.24, 2.45) is 0 Å². The molecule has 2 rings (SSSR count). The van der Waals surface area contributed by atoms with E-state index in [2.05, 4.69) is 11.4 Å². The number of anilines is 1. The van der Waals surface area contributed by atoms with Crippen LogP contribution >= 0.6 is 0 Å². The van der Waals surface area contributed by atoms with Gasteiger partial charge in [-0.3, -0.25) is 4.79 Å². The van der Waals surface area contributed by atoms with Crippen molar-refractivity contribution < 1.29 is 14.3 Å². The van der Waals surface area contributed by atoms with Crippen molar-refractivity contribution in [3.05, 3.63) is 29.3 Å². The monoisotopic (exact) mass is 290 g/mol. The number of carbonyl (C=O) groups is 2. The second kappa shape index (κ2) is 5.76. The maximum atomic E-state index is 12.2. The second-order valence-electron chi connectivity index (χ2n) is 5.74. The number of likely N-dealkylation sites (N-methyl/N-ethyl adjacent to an activating group) is 1. The van der Waals surface area contributed by atoms with Crippen LogP contribution in [-0.4, -0.2) is 32.2 Å². The summed E-state index contributed by atoms with van der Waals surface area (Å²) in [5.74, 6) is 0.110. The van der Waals surface area contributed by atoms with E-state index < -0.39 is 11.5 Å². The second-order valence-corrected chi connectivity index (χ2v) is 5.74. The normalized spacial score (nSPS) is 15.8. The van der Waals surface area contributed by atoms with Gasteiger partial charge in [0.1, 0.15) is 0 Å². The lowest BCUT2D eigenvalue weighted by molar-refractivity contribution is -0.121. The van der Waals surface area contributed by atoms with Crippen LogP contribution < -0.4 is 10.2 Å². The van der Waals surface area contributed by atoms with E-state index in [-0.39, 0.29) is 5.91 Å². The minimum atomic E-state index is -0.491. The summed E-state index contributed by atoms with van der Waals surface area (Å²) >= 11 is 0. The number of nitrogens with zero attached hydrogens (tertiary/aromatic N) is 1. The molecule has 0 aliphatic carbocycles. The van der Waals surface area contributed by atoms with Crippen molar-refractivity contribution in [2.75, 3.05) is 25.1 Å². The fourth-order valence-corrected chi connectivity index (χ4v) is 2.67. The zero-order valence-electron chi connectivity index (χ0n) is 13.0. The first-order valence-corrected chi connectivity index (χ1v) is 7.20. The van der Waals surface area contributed by atoms with Gasteiger partial charge in [-0.1, -0.05) is 12.1 Å². The van der Waals surface area contributed by atoms with E-state index in [1.807, 2.05) is 26.0 Å². The van der Waals surface area contributed by atoms with Crippen LogP contribution in [0.3, 0.4) is 0 Å². The molecule has 0 saturated heterocycles. The lowest BCUT2D eigenvalue weighted by atomic mass is 9.85. The van der Waals surface area contributed by atoms with Crippen LogP contribution in [0.4, 0.5) is 10.5 Å². The van der Waals surface area contributed by atoms with Crippen LogP contribution in [0.2, 0.25) is 0 Å². The lowest BCUT2D eigenvalue weighted by Crippen LogP contribution is -2.33. The number of hydrogen-bond acceptors (Lipinski definition) is 3. The number of benzene rings is 1. The molecule has 1 aliphatic heterocycles. The third-order valence-electron chi connectivity index (χ3n) is 3.89. The minimum Gasteiger partial charge on any atom is -0.450 e. The molecule has 1 aromatic rings. The molecular formula is C16H22N2O3. The summed E-state index contributed by atoms with van der Waals surface area (Å²) in [5, 5.41) is 2.70. The van der Waals surface area contributed by atoms with E-state index in [0.29, 0.717) is 19.6 Å².